The molecule has 0 saturated carbocycles. The summed E-state index contributed by atoms with van der Waals surface area (Å²) in [5.41, 5.74) is 2.16. The monoisotopic (exact) mass is 239 g/mol. The van der Waals surface area contributed by atoms with Crippen molar-refractivity contribution in [3.63, 3.8) is 0 Å². The average molecular weight is 239 g/mol. The number of carbonyl (C=O) groups excluding carboxylic acids is 1. The Morgan fingerprint density at radius 3 is 2.44 bits per heavy atom. The first-order valence-corrected chi connectivity index (χ1v) is 5.90. The molecule has 0 aliphatic carbocycles. The third-order valence-electron chi connectivity index (χ3n) is 3.38. The largest absolute Gasteiger partial charge is 0.507 e. The van der Waals surface area contributed by atoms with E-state index in [1.807, 2.05) is 43.3 Å². The van der Waals surface area contributed by atoms with Crippen LogP contribution in [0.15, 0.2) is 48.5 Å². The first-order valence-electron chi connectivity index (χ1n) is 5.90. The summed E-state index contributed by atoms with van der Waals surface area (Å²) in [6.07, 6.45) is 0. The average Bonchev–Trinajstić information content (AvgIpc) is 2.64. The Morgan fingerprint density at radius 2 is 1.78 bits per heavy atom. The molecule has 90 valence electrons. The van der Waals surface area contributed by atoms with Gasteiger partial charge in [-0.25, -0.2) is 0 Å². The summed E-state index contributed by atoms with van der Waals surface area (Å²) in [6, 6.07) is 14.7. The van der Waals surface area contributed by atoms with Gasteiger partial charge in [0.15, 0.2) is 0 Å². The van der Waals surface area contributed by atoms with Crippen LogP contribution in [0.5, 0.6) is 5.75 Å². The molecule has 0 saturated heterocycles. The van der Waals surface area contributed by atoms with Gasteiger partial charge < -0.3 is 10.0 Å². The number of aromatic hydroxyl groups is 1. The molecule has 1 heterocycles. The lowest BCUT2D eigenvalue weighted by Crippen LogP contribution is -2.25. The van der Waals surface area contributed by atoms with Crippen molar-refractivity contribution in [3.8, 4) is 5.75 Å². The molecule has 0 radical (unpaired) electrons. The van der Waals surface area contributed by atoms with Gasteiger partial charge in [-0.3, -0.25) is 4.79 Å². The zero-order valence-corrected chi connectivity index (χ0v) is 10.00. The van der Waals surface area contributed by atoms with Crippen LogP contribution in [0.25, 0.3) is 0 Å². The van der Waals surface area contributed by atoms with Gasteiger partial charge in [-0.15, -0.1) is 0 Å². The van der Waals surface area contributed by atoms with E-state index in [1.165, 1.54) is 0 Å². The molecule has 3 nitrogen and oxygen atoms in total. The van der Waals surface area contributed by atoms with E-state index in [4.69, 9.17) is 0 Å². The van der Waals surface area contributed by atoms with Gasteiger partial charge in [0.25, 0.3) is 5.91 Å². The minimum Gasteiger partial charge on any atom is -0.507 e. The standard InChI is InChI=1S/C15H13NO2/c1-10-12-8-5-9-13(17)14(12)15(18)16(10)11-6-3-2-4-7-11/h2-10,17H,1H3. The maximum atomic E-state index is 12.4. The van der Waals surface area contributed by atoms with Gasteiger partial charge in [-0.1, -0.05) is 30.3 Å². The zero-order chi connectivity index (χ0) is 12.7. The second kappa shape index (κ2) is 3.88. The van der Waals surface area contributed by atoms with Crippen LogP contribution >= 0.6 is 0 Å². The summed E-state index contributed by atoms with van der Waals surface area (Å²) in [5.74, 6) is -0.0791. The molecule has 3 rings (SSSR count). The summed E-state index contributed by atoms with van der Waals surface area (Å²) in [7, 11) is 0. The molecule has 18 heavy (non-hydrogen) atoms. The van der Waals surface area contributed by atoms with E-state index in [0.29, 0.717) is 5.56 Å². The van der Waals surface area contributed by atoms with Crippen LogP contribution in [0.3, 0.4) is 0 Å². The predicted molar refractivity (Wildman–Crippen MR) is 69.8 cm³/mol. The molecule has 1 unspecified atom stereocenters. The maximum absolute atomic E-state index is 12.4. The molecule has 2 aromatic rings. The number of fused-ring (bicyclic) bond motifs is 1. The van der Waals surface area contributed by atoms with Crippen LogP contribution in [-0.4, -0.2) is 11.0 Å². The van der Waals surface area contributed by atoms with Crippen molar-refractivity contribution in [2.24, 2.45) is 0 Å². The Bertz CT molecular complexity index is 607. The zero-order valence-electron chi connectivity index (χ0n) is 10.00. The first-order chi connectivity index (χ1) is 8.70. The summed E-state index contributed by atoms with van der Waals surface area (Å²) < 4.78 is 0. The molecule has 0 bridgehead atoms. The van der Waals surface area contributed by atoms with E-state index in [0.717, 1.165) is 11.3 Å². The van der Waals surface area contributed by atoms with E-state index in [9.17, 15) is 9.90 Å². The van der Waals surface area contributed by atoms with E-state index in [2.05, 4.69) is 0 Å². The van der Waals surface area contributed by atoms with Gasteiger partial charge in [-0.05, 0) is 30.7 Å². The third-order valence-corrected chi connectivity index (χ3v) is 3.38. The third kappa shape index (κ3) is 1.40. The number of nitrogens with zero attached hydrogens (tertiary/aromatic N) is 1. The Morgan fingerprint density at radius 1 is 1.06 bits per heavy atom. The molecular formula is C15H13NO2. The molecule has 0 fully saturated rings. The highest BCUT2D eigenvalue weighted by molar-refractivity contribution is 6.12. The molecule has 1 N–H and O–H groups in total. The highest BCUT2D eigenvalue weighted by Gasteiger charge is 2.36. The molecular weight excluding hydrogens is 226 g/mol. The van der Waals surface area contributed by atoms with Crippen molar-refractivity contribution in [3.05, 3.63) is 59.7 Å². The molecule has 3 heteroatoms. The van der Waals surface area contributed by atoms with Crippen LogP contribution < -0.4 is 4.90 Å². The Kier molecular flexibility index (Phi) is 2.33. The fourth-order valence-corrected chi connectivity index (χ4v) is 2.50. The van der Waals surface area contributed by atoms with Gasteiger partial charge >= 0.3 is 0 Å². The molecule has 1 atom stereocenters. The van der Waals surface area contributed by atoms with Crippen molar-refractivity contribution in [1.82, 2.24) is 0 Å². The predicted octanol–water partition coefficient (Wildman–Crippen LogP) is 3.11. The van der Waals surface area contributed by atoms with Gasteiger partial charge in [0.05, 0.1) is 11.6 Å². The van der Waals surface area contributed by atoms with Crippen LogP contribution in [0.2, 0.25) is 0 Å². The van der Waals surface area contributed by atoms with Crippen LogP contribution in [0.1, 0.15) is 28.9 Å². The number of para-hydroxylation sites is 1. The Hall–Kier alpha value is -2.29. The van der Waals surface area contributed by atoms with Gasteiger partial charge in [0.1, 0.15) is 5.75 Å². The highest BCUT2D eigenvalue weighted by atomic mass is 16.3. The number of hydrogen-bond acceptors (Lipinski definition) is 2. The fourth-order valence-electron chi connectivity index (χ4n) is 2.50. The fraction of sp³-hybridized carbons (Fsp3) is 0.133. The topological polar surface area (TPSA) is 40.5 Å². The van der Waals surface area contributed by atoms with E-state index in [1.54, 1.807) is 17.0 Å². The highest BCUT2D eigenvalue weighted by Crippen LogP contribution is 2.40. The first kappa shape index (κ1) is 10.8. The number of carbonyl (C=O) groups is 1. The normalized spacial score (nSPS) is 17.9. The second-order valence-electron chi connectivity index (χ2n) is 4.43. The smallest absolute Gasteiger partial charge is 0.262 e. The molecule has 2 aromatic carbocycles. The minimum atomic E-state index is -0.137. The summed E-state index contributed by atoms with van der Waals surface area (Å²) in [6.45, 7) is 1.97. The SMILES string of the molecule is CC1c2cccc(O)c2C(=O)N1c1ccccc1. The summed E-state index contributed by atoms with van der Waals surface area (Å²) >= 11 is 0. The number of phenols is 1. The van der Waals surface area contributed by atoms with Gasteiger partial charge in [0.2, 0.25) is 0 Å². The van der Waals surface area contributed by atoms with E-state index in [-0.39, 0.29) is 17.7 Å². The molecule has 0 spiro atoms. The van der Waals surface area contributed by atoms with Gasteiger partial charge in [-0.2, -0.15) is 0 Å². The maximum Gasteiger partial charge on any atom is 0.262 e. The molecule has 1 amide bonds. The quantitative estimate of drug-likeness (QED) is 0.830. The van der Waals surface area contributed by atoms with E-state index < -0.39 is 0 Å². The number of amides is 1. The van der Waals surface area contributed by atoms with Crippen molar-refractivity contribution in [2.75, 3.05) is 4.90 Å². The van der Waals surface area contributed by atoms with Crippen LogP contribution in [0.4, 0.5) is 5.69 Å². The van der Waals surface area contributed by atoms with Crippen molar-refractivity contribution >= 4 is 11.6 Å². The Labute approximate surface area is 105 Å². The number of benzene rings is 2. The molecule has 1 aliphatic heterocycles. The number of rotatable bonds is 1. The molecule has 0 aromatic heterocycles. The number of hydrogen-bond donors (Lipinski definition) is 1. The molecule has 1 aliphatic rings. The number of phenolic OH excluding ortho intramolecular Hbond substituents is 1. The van der Waals surface area contributed by atoms with Crippen molar-refractivity contribution in [1.29, 1.82) is 0 Å². The number of anilines is 1. The minimum absolute atomic E-state index is 0.0537. The van der Waals surface area contributed by atoms with Crippen LogP contribution in [-0.2, 0) is 0 Å². The summed E-state index contributed by atoms with van der Waals surface area (Å²) in [5, 5.41) is 9.84. The van der Waals surface area contributed by atoms with Crippen molar-refractivity contribution < 1.29 is 9.90 Å². The lowest BCUT2D eigenvalue weighted by Gasteiger charge is -2.21. The Balaban J connectivity index is 2.13. The van der Waals surface area contributed by atoms with Gasteiger partial charge in [0, 0.05) is 5.69 Å². The summed E-state index contributed by atoms with van der Waals surface area (Å²) in [4.78, 5) is 14.1. The van der Waals surface area contributed by atoms with Crippen molar-refractivity contribution in [2.45, 2.75) is 13.0 Å². The van der Waals surface area contributed by atoms with E-state index >= 15 is 0 Å². The van der Waals surface area contributed by atoms with Crippen LogP contribution in [0, 0.1) is 0 Å². The lowest BCUT2D eigenvalue weighted by molar-refractivity contribution is 0.0990. The lowest BCUT2D eigenvalue weighted by atomic mass is 10.1. The second-order valence-corrected chi connectivity index (χ2v) is 4.43.